The Kier molecular flexibility index (Phi) is 6.07. The molecule has 7 heteroatoms. The lowest BCUT2D eigenvalue weighted by Crippen LogP contribution is -2.38. The van der Waals surface area contributed by atoms with Crippen molar-refractivity contribution in [1.82, 2.24) is 15.6 Å². The Morgan fingerprint density at radius 2 is 1.97 bits per heavy atom. The molecule has 6 nitrogen and oxygen atoms in total. The second-order valence-electron chi connectivity index (χ2n) is 9.38. The van der Waals surface area contributed by atoms with Gasteiger partial charge in [0.25, 0.3) is 0 Å². The Bertz CT molecular complexity index is 1070. The van der Waals surface area contributed by atoms with Crippen molar-refractivity contribution in [3.8, 4) is 0 Å². The maximum atomic E-state index is 10.6. The first-order valence-corrected chi connectivity index (χ1v) is 12.5. The van der Waals surface area contributed by atoms with Gasteiger partial charge in [-0.05, 0) is 80.9 Å². The molecule has 2 fully saturated rings. The number of thiophene rings is 1. The number of nitrogens with zero attached hydrogens (tertiary/aromatic N) is 2. The average molecular weight is 452 g/mol. The lowest BCUT2D eigenvalue weighted by molar-refractivity contribution is 0.144. The zero-order valence-corrected chi connectivity index (χ0v) is 19.5. The van der Waals surface area contributed by atoms with Crippen molar-refractivity contribution in [2.45, 2.75) is 38.8 Å². The van der Waals surface area contributed by atoms with Gasteiger partial charge in [-0.2, -0.15) is 0 Å². The van der Waals surface area contributed by atoms with Gasteiger partial charge in [-0.1, -0.05) is 12.1 Å². The van der Waals surface area contributed by atoms with Crippen LogP contribution in [0.1, 0.15) is 41.6 Å². The number of aryl methyl sites for hydroxylation is 1. The first kappa shape index (κ1) is 21.6. The maximum absolute atomic E-state index is 10.6. The molecule has 2 aliphatic rings. The van der Waals surface area contributed by atoms with E-state index in [1.54, 1.807) is 0 Å². The van der Waals surface area contributed by atoms with E-state index in [0.717, 1.165) is 46.8 Å². The highest BCUT2D eigenvalue weighted by Crippen LogP contribution is 2.40. The molecule has 2 aromatic heterocycles. The first-order valence-electron chi connectivity index (χ1n) is 11.6. The number of aromatic nitrogens is 1. The van der Waals surface area contributed by atoms with E-state index in [9.17, 15) is 5.11 Å². The predicted molar refractivity (Wildman–Crippen MR) is 133 cm³/mol. The number of hydrogen-bond acceptors (Lipinski definition) is 7. The van der Waals surface area contributed by atoms with Crippen molar-refractivity contribution in [1.29, 1.82) is 0 Å². The number of aliphatic hydroxyl groups excluding tert-OH is 1. The molecule has 1 unspecified atom stereocenters. The van der Waals surface area contributed by atoms with E-state index in [0.29, 0.717) is 17.6 Å². The number of nitrogens with one attached hydrogen (secondary N) is 2. The molecule has 2 saturated heterocycles. The third-order valence-electron chi connectivity index (χ3n) is 7.17. The van der Waals surface area contributed by atoms with Crippen molar-refractivity contribution < 1.29 is 5.11 Å². The van der Waals surface area contributed by atoms with Crippen LogP contribution in [-0.2, 0) is 6.42 Å². The minimum atomic E-state index is -0.778. The molecule has 1 atom stereocenters. The zero-order chi connectivity index (χ0) is 22.1. The number of anilines is 2. The number of rotatable bonds is 6. The lowest BCUT2D eigenvalue weighted by Gasteiger charge is -2.34. The standard InChI is InChI=1S/C25H33N5OS/c1-17-2-7-20-21(26)22(32-24(20)29-17)23(31)28-12-8-18-3-5-19(6-4-18)30-15-11-25(16-30)9-13-27-14-10-25/h2-7,23,27-28,31H,8-16,26H2,1H3. The van der Waals surface area contributed by atoms with Gasteiger partial charge in [-0.15, -0.1) is 11.3 Å². The second kappa shape index (κ2) is 8.98. The molecule has 0 saturated carbocycles. The molecule has 1 aromatic carbocycles. The third kappa shape index (κ3) is 4.35. The van der Waals surface area contributed by atoms with Crippen LogP contribution >= 0.6 is 11.3 Å². The fraction of sp³-hybridized carbons (Fsp3) is 0.480. The SMILES string of the molecule is Cc1ccc2c(N)c(C(O)NCCc3ccc(N4CCC5(CCNCC5)C4)cc3)sc2n1. The maximum Gasteiger partial charge on any atom is 0.142 e. The number of nitrogen functional groups attached to an aromatic ring is 1. The minimum absolute atomic E-state index is 0.520. The molecule has 0 bridgehead atoms. The number of benzene rings is 1. The average Bonchev–Trinajstić information content (AvgIpc) is 3.35. The van der Waals surface area contributed by atoms with Crippen LogP contribution in [0.2, 0.25) is 0 Å². The van der Waals surface area contributed by atoms with Crippen LogP contribution in [0.3, 0.4) is 0 Å². The van der Waals surface area contributed by atoms with Crippen molar-refractivity contribution in [3.63, 3.8) is 0 Å². The molecule has 0 amide bonds. The van der Waals surface area contributed by atoms with E-state index in [1.807, 2.05) is 19.1 Å². The summed E-state index contributed by atoms with van der Waals surface area (Å²) >= 11 is 1.46. The summed E-state index contributed by atoms with van der Waals surface area (Å²) in [6.07, 6.45) is 3.99. The molecule has 5 rings (SSSR count). The van der Waals surface area contributed by atoms with E-state index >= 15 is 0 Å². The number of hydrogen-bond donors (Lipinski definition) is 4. The smallest absolute Gasteiger partial charge is 0.142 e. The van der Waals surface area contributed by atoms with Gasteiger partial charge < -0.3 is 21.1 Å². The van der Waals surface area contributed by atoms with Gasteiger partial charge in [0.2, 0.25) is 0 Å². The number of piperidine rings is 1. The first-order chi connectivity index (χ1) is 15.5. The largest absolute Gasteiger partial charge is 0.397 e. The third-order valence-corrected chi connectivity index (χ3v) is 8.33. The molecule has 170 valence electrons. The second-order valence-corrected chi connectivity index (χ2v) is 10.4. The van der Waals surface area contributed by atoms with Crippen LogP contribution in [0.4, 0.5) is 11.4 Å². The fourth-order valence-electron chi connectivity index (χ4n) is 5.15. The predicted octanol–water partition coefficient (Wildman–Crippen LogP) is 3.59. The molecule has 2 aliphatic heterocycles. The number of pyridine rings is 1. The Labute approximate surface area is 193 Å². The van der Waals surface area contributed by atoms with E-state index in [-0.39, 0.29) is 0 Å². The van der Waals surface area contributed by atoms with E-state index < -0.39 is 6.23 Å². The number of fused-ring (bicyclic) bond motifs is 1. The van der Waals surface area contributed by atoms with Crippen molar-refractivity contribution in [2.75, 3.05) is 43.4 Å². The molecule has 32 heavy (non-hydrogen) atoms. The summed E-state index contributed by atoms with van der Waals surface area (Å²) < 4.78 is 0. The zero-order valence-electron chi connectivity index (χ0n) is 18.7. The molecule has 0 radical (unpaired) electrons. The molecule has 1 spiro atoms. The lowest BCUT2D eigenvalue weighted by atomic mass is 9.78. The van der Waals surface area contributed by atoms with Crippen LogP contribution in [0.25, 0.3) is 10.2 Å². The van der Waals surface area contributed by atoms with Crippen LogP contribution in [0.5, 0.6) is 0 Å². The van der Waals surface area contributed by atoms with Crippen molar-refractivity contribution in [2.24, 2.45) is 5.41 Å². The quantitative estimate of drug-likeness (QED) is 0.429. The van der Waals surface area contributed by atoms with Crippen molar-refractivity contribution >= 4 is 32.9 Å². The van der Waals surface area contributed by atoms with E-state index in [2.05, 4.69) is 44.8 Å². The fourth-order valence-corrected chi connectivity index (χ4v) is 6.25. The summed E-state index contributed by atoms with van der Waals surface area (Å²) in [5.41, 5.74) is 11.0. The van der Waals surface area contributed by atoms with Crippen LogP contribution in [-0.4, -0.2) is 42.8 Å². The van der Waals surface area contributed by atoms with Crippen LogP contribution < -0.4 is 21.3 Å². The van der Waals surface area contributed by atoms with Gasteiger partial charge in [0.05, 0.1) is 10.6 Å². The highest BCUT2D eigenvalue weighted by atomic mass is 32.1. The highest BCUT2D eigenvalue weighted by Gasteiger charge is 2.38. The van der Waals surface area contributed by atoms with Gasteiger partial charge in [0.1, 0.15) is 11.1 Å². The number of nitrogens with two attached hydrogens (primary N) is 1. The molecule has 0 aliphatic carbocycles. The van der Waals surface area contributed by atoms with Gasteiger partial charge >= 0.3 is 0 Å². The minimum Gasteiger partial charge on any atom is -0.397 e. The van der Waals surface area contributed by atoms with Gasteiger partial charge in [-0.25, -0.2) is 4.98 Å². The Morgan fingerprint density at radius 3 is 2.75 bits per heavy atom. The molecular weight excluding hydrogens is 418 g/mol. The Balaban J connectivity index is 1.15. The number of aliphatic hydroxyl groups is 1. The highest BCUT2D eigenvalue weighted by molar-refractivity contribution is 7.19. The van der Waals surface area contributed by atoms with E-state index in [4.69, 9.17) is 5.73 Å². The van der Waals surface area contributed by atoms with Gasteiger partial charge in [0.15, 0.2) is 0 Å². The summed E-state index contributed by atoms with van der Waals surface area (Å²) in [4.78, 5) is 8.70. The topological polar surface area (TPSA) is 86.4 Å². The Morgan fingerprint density at radius 1 is 1.19 bits per heavy atom. The Hall–Kier alpha value is -2.19. The summed E-state index contributed by atoms with van der Waals surface area (Å²) in [5.74, 6) is 0. The molecule has 3 aromatic rings. The van der Waals surface area contributed by atoms with Crippen molar-refractivity contribution in [3.05, 3.63) is 52.5 Å². The van der Waals surface area contributed by atoms with Gasteiger partial charge in [-0.3, -0.25) is 5.32 Å². The summed E-state index contributed by atoms with van der Waals surface area (Å²) in [6, 6.07) is 12.9. The normalized spacial score (nSPS) is 19.1. The monoisotopic (exact) mass is 451 g/mol. The summed E-state index contributed by atoms with van der Waals surface area (Å²) in [5, 5.41) is 18.3. The van der Waals surface area contributed by atoms with Gasteiger partial charge in [0, 0.05) is 36.4 Å². The van der Waals surface area contributed by atoms with Crippen LogP contribution in [0.15, 0.2) is 36.4 Å². The molecular formula is C25H33N5OS. The summed E-state index contributed by atoms with van der Waals surface area (Å²) in [7, 11) is 0. The van der Waals surface area contributed by atoms with E-state index in [1.165, 1.54) is 48.4 Å². The van der Waals surface area contributed by atoms with Crippen LogP contribution in [0, 0.1) is 12.3 Å². The summed E-state index contributed by atoms with van der Waals surface area (Å²) in [6.45, 7) is 7.32. The molecule has 5 N–H and O–H groups in total. The molecule has 4 heterocycles.